The molecule has 0 aromatic carbocycles. The molecular weight excluding hydrogens is 226 g/mol. The molecule has 0 saturated carbocycles. The summed E-state index contributed by atoms with van der Waals surface area (Å²) in [5.74, 6) is 2.18. The highest BCUT2D eigenvalue weighted by molar-refractivity contribution is 5.36. The number of nitrogens with zero attached hydrogens (tertiary/aromatic N) is 2. The summed E-state index contributed by atoms with van der Waals surface area (Å²) in [7, 11) is 3.69. The van der Waals surface area contributed by atoms with Gasteiger partial charge in [0.25, 0.3) is 0 Å². The van der Waals surface area contributed by atoms with E-state index in [0.29, 0.717) is 17.9 Å². The Morgan fingerprint density at radius 1 is 1.50 bits per heavy atom. The van der Waals surface area contributed by atoms with E-state index in [2.05, 4.69) is 31.2 Å². The molecule has 1 aliphatic heterocycles. The molecule has 0 spiro atoms. The maximum atomic E-state index is 5.54. The van der Waals surface area contributed by atoms with E-state index < -0.39 is 0 Å². The summed E-state index contributed by atoms with van der Waals surface area (Å²) in [5.41, 5.74) is 2.41. The van der Waals surface area contributed by atoms with Crippen molar-refractivity contribution in [2.24, 2.45) is 13.0 Å². The van der Waals surface area contributed by atoms with Crippen molar-refractivity contribution in [2.75, 3.05) is 13.7 Å². The smallest absolute Gasteiger partial charge is 0.215 e. The molecule has 18 heavy (non-hydrogen) atoms. The lowest BCUT2D eigenvalue weighted by Crippen LogP contribution is -2.27. The Labute approximate surface area is 110 Å². The number of ether oxygens (including phenoxy) is 1. The molecule has 1 saturated heterocycles. The van der Waals surface area contributed by atoms with Crippen LogP contribution in [0.3, 0.4) is 0 Å². The average molecular weight is 251 g/mol. The van der Waals surface area contributed by atoms with Gasteiger partial charge in [-0.2, -0.15) is 5.10 Å². The first-order chi connectivity index (χ1) is 8.54. The van der Waals surface area contributed by atoms with Crippen LogP contribution in [-0.4, -0.2) is 29.5 Å². The molecule has 1 aromatic rings. The molecule has 0 amide bonds. The number of hydrogen-bond donors (Lipinski definition) is 1. The van der Waals surface area contributed by atoms with Gasteiger partial charge in [-0.25, -0.2) is 4.68 Å². The Bertz CT molecular complexity index is 411. The number of rotatable bonds is 4. The topological polar surface area (TPSA) is 39.1 Å². The van der Waals surface area contributed by atoms with E-state index in [1.165, 1.54) is 18.4 Å². The number of aromatic nitrogens is 2. The molecule has 2 unspecified atom stereocenters. The highest BCUT2D eigenvalue weighted by atomic mass is 16.5. The Kier molecular flexibility index (Phi) is 3.95. The maximum absolute atomic E-state index is 5.54. The Morgan fingerprint density at radius 2 is 2.22 bits per heavy atom. The van der Waals surface area contributed by atoms with Crippen molar-refractivity contribution in [3.8, 4) is 5.88 Å². The van der Waals surface area contributed by atoms with Crippen LogP contribution >= 0.6 is 0 Å². The van der Waals surface area contributed by atoms with Crippen molar-refractivity contribution in [2.45, 2.75) is 45.6 Å². The number of nitrogens with one attached hydrogen (secondary N) is 1. The molecular formula is C14H25N3O. The Balaban J connectivity index is 2.29. The van der Waals surface area contributed by atoms with Gasteiger partial charge >= 0.3 is 0 Å². The summed E-state index contributed by atoms with van der Waals surface area (Å²) in [5, 5.41) is 8.14. The first-order valence-electron chi connectivity index (χ1n) is 6.85. The fourth-order valence-corrected chi connectivity index (χ4v) is 3.19. The molecule has 102 valence electrons. The lowest BCUT2D eigenvalue weighted by Gasteiger charge is -2.22. The molecule has 2 rings (SSSR count). The van der Waals surface area contributed by atoms with Gasteiger partial charge in [0.2, 0.25) is 5.88 Å². The van der Waals surface area contributed by atoms with Crippen LogP contribution in [0.4, 0.5) is 0 Å². The highest BCUT2D eigenvalue weighted by Crippen LogP contribution is 2.38. The van der Waals surface area contributed by atoms with Gasteiger partial charge in [0.05, 0.1) is 12.8 Å². The molecule has 1 aliphatic rings. The van der Waals surface area contributed by atoms with Crippen molar-refractivity contribution in [1.29, 1.82) is 0 Å². The summed E-state index contributed by atoms with van der Waals surface area (Å²) in [6.07, 6.45) is 2.39. The van der Waals surface area contributed by atoms with Crippen molar-refractivity contribution < 1.29 is 4.74 Å². The van der Waals surface area contributed by atoms with Crippen LogP contribution in [0.5, 0.6) is 5.88 Å². The number of aryl methyl sites for hydroxylation is 2. The van der Waals surface area contributed by atoms with Gasteiger partial charge in [-0.1, -0.05) is 13.8 Å². The van der Waals surface area contributed by atoms with Crippen LogP contribution < -0.4 is 10.1 Å². The van der Waals surface area contributed by atoms with Gasteiger partial charge < -0.3 is 10.1 Å². The van der Waals surface area contributed by atoms with Crippen LogP contribution in [0.1, 0.15) is 43.9 Å². The van der Waals surface area contributed by atoms with Crippen molar-refractivity contribution in [1.82, 2.24) is 15.1 Å². The predicted octanol–water partition coefficient (Wildman–Crippen LogP) is 2.23. The third-order valence-electron chi connectivity index (χ3n) is 3.85. The molecule has 2 heterocycles. The summed E-state index contributed by atoms with van der Waals surface area (Å²) in [6, 6.07) is 0.557. The van der Waals surface area contributed by atoms with E-state index in [-0.39, 0.29) is 0 Å². The third kappa shape index (κ3) is 2.39. The summed E-state index contributed by atoms with van der Waals surface area (Å²) < 4.78 is 7.39. The second-order valence-corrected chi connectivity index (χ2v) is 5.72. The zero-order valence-electron chi connectivity index (χ0n) is 12.2. The second-order valence-electron chi connectivity index (χ2n) is 5.72. The quantitative estimate of drug-likeness (QED) is 0.892. The van der Waals surface area contributed by atoms with Gasteiger partial charge in [0.1, 0.15) is 0 Å². The molecule has 4 heteroatoms. The largest absolute Gasteiger partial charge is 0.481 e. The first kappa shape index (κ1) is 13.4. The van der Waals surface area contributed by atoms with Crippen molar-refractivity contribution in [3.63, 3.8) is 0 Å². The summed E-state index contributed by atoms with van der Waals surface area (Å²) >= 11 is 0. The van der Waals surface area contributed by atoms with Crippen LogP contribution in [-0.2, 0) is 7.05 Å². The van der Waals surface area contributed by atoms with Crippen LogP contribution in [0, 0.1) is 12.8 Å². The Morgan fingerprint density at radius 3 is 2.83 bits per heavy atom. The van der Waals surface area contributed by atoms with E-state index in [1.807, 2.05) is 11.7 Å². The van der Waals surface area contributed by atoms with E-state index in [0.717, 1.165) is 18.1 Å². The fourth-order valence-electron chi connectivity index (χ4n) is 3.19. The minimum absolute atomic E-state index is 0.538. The summed E-state index contributed by atoms with van der Waals surface area (Å²) in [6.45, 7) is 7.75. The predicted molar refractivity (Wildman–Crippen MR) is 73.1 cm³/mol. The zero-order valence-corrected chi connectivity index (χ0v) is 12.2. The van der Waals surface area contributed by atoms with Crippen LogP contribution in [0.15, 0.2) is 0 Å². The molecule has 4 nitrogen and oxygen atoms in total. The standard InChI is InChI=1S/C14H25N3O/c1-9(2)8-12-11(6-7-15-12)13-10(3)16-17(4)14(13)18-5/h9,11-12,15H,6-8H2,1-5H3. The van der Waals surface area contributed by atoms with Crippen molar-refractivity contribution in [3.05, 3.63) is 11.3 Å². The zero-order chi connectivity index (χ0) is 13.3. The van der Waals surface area contributed by atoms with E-state index in [1.54, 1.807) is 7.11 Å². The molecule has 1 N–H and O–H groups in total. The van der Waals surface area contributed by atoms with E-state index in [4.69, 9.17) is 4.74 Å². The minimum Gasteiger partial charge on any atom is -0.481 e. The molecule has 2 atom stereocenters. The number of methoxy groups -OCH3 is 1. The lowest BCUT2D eigenvalue weighted by molar-refractivity contribution is 0.359. The molecule has 0 radical (unpaired) electrons. The molecule has 1 fully saturated rings. The third-order valence-corrected chi connectivity index (χ3v) is 3.85. The van der Waals surface area contributed by atoms with E-state index in [9.17, 15) is 0 Å². The van der Waals surface area contributed by atoms with Gasteiger partial charge in [-0.05, 0) is 32.2 Å². The molecule has 1 aromatic heterocycles. The SMILES string of the molecule is COc1c(C2CCNC2CC(C)C)c(C)nn1C. The molecule has 0 aliphatic carbocycles. The van der Waals surface area contributed by atoms with Gasteiger partial charge in [-0.3, -0.25) is 0 Å². The van der Waals surface area contributed by atoms with Crippen molar-refractivity contribution >= 4 is 0 Å². The highest BCUT2D eigenvalue weighted by Gasteiger charge is 2.33. The minimum atomic E-state index is 0.538. The van der Waals surface area contributed by atoms with Crippen LogP contribution in [0.25, 0.3) is 0 Å². The number of hydrogen-bond acceptors (Lipinski definition) is 3. The monoisotopic (exact) mass is 251 g/mol. The lowest BCUT2D eigenvalue weighted by atomic mass is 9.87. The Hall–Kier alpha value is -1.03. The fraction of sp³-hybridized carbons (Fsp3) is 0.786. The maximum Gasteiger partial charge on any atom is 0.215 e. The summed E-state index contributed by atoms with van der Waals surface area (Å²) in [4.78, 5) is 0. The average Bonchev–Trinajstić information content (AvgIpc) is 2.81. The normalized spacial score (nSPS) is 23.9. The van der Waals surface area contributed by atoms with Crippen LogP contribution in [0.2, 0.25) is 0 Å². The second kappa shape index (κ2) is 5.31. The van der Waals surface area contributed by atoms with E-state index >= 15 is 0 Å². The van der Waals surface area contributed by atoms with Gasteiger partial charge in [-0.15, -0.1) is 0 Å². The first-order valence-corrected chi connectivity index (χ1v) is 6.85. The molecule has 0 bridgehead atoms. The van der Waals surface area contributed by atoms with Gasteiger partial charge in [0.15, 0.2) is 0 Å². The van der Waals surface area contributed by atoms with Gasteiger partial charge in [0, 0.05) is 24.6 Å².